The van der Waals surface area contributed by atoms with Crippen LogP contribution in [0.1, 0.15) is 38.7 Å². The summed E-state index contributed by atoms with van der Waals surface area (Å²) >= 11 is 0. The largest absolute Gasteiger partial charge is 0.460 e. The van der Waals surface area contributed by atoms with E-state index in [0.717, 1.165) is 5.56 Å². The van der Waals surface area contributed by atoms with Crippen LogP contribution in [0.3, 0.4) is 0 Å². The second-order valence-electron chi connectivity index (χ2n) is 5.75. The molecule has 0 heterocycles. The number of unbranched alkanes of at least 4 members (excludes halogenated alkanes) is 1. The van der Waals surface area contributed by atoms with Crippen LogP contribution < -0.4 is 5.90 Å². The second kappa shape index (κ2) is 12.6. The van der Waals surface area contributed by atoms with Crippen LogP contribution in [0.2, 0.25) is 0 Å². The Bertz CT molecular complexity index is 613. The summed E-state index contributed by atoms with van der Waals surface area (Å²) < 4.78 is 28.0. The highest BCUT2D eigenvalue weighted by atomic mass is 31.2. The molecule has 152 valence electrons. The average molecular weight is 401 g/mol. The smallest absolute Gasteiger partial charge is 0.338 e. The average Bonchev–Trinajstić information content (AvgIpc) is 2.67. The summed E-state index contributed by atoms with van der Waals surface area (Å²) in [7, 11) is -3.14. The van der Waals surface area contributed by atoms with E-state index in [1.807, 2.05) is 30.3 Å². The van der Waals surface area contributed by atoms with Crippen molar-refractivity contribution in [3.63, 3.8) is 0 Å². The third-order valence-electron chi connectivity index (χ3n) is 3.74. The fraction of sp³-hybridized carbons (Fsp3) is 0.556. The number of rotatable bonds is 13. The molecule has 0 spiro atoms. The third kappa shape index (κ3) is 8.67. The quantitative estimate of drug-likeness (QED) is 0.176. The van der Waals surface area contributed by atoms with Crippen LogP contribution in [0.4, 0.5) is 0 Å². The molecule has 0 bridgehead atoms. The summed E-state index contributed by atoms with van der Waals surface area (Å²) in [4.78, 5) is 28.3. The zero-order valence-electron chi connectivity index (χ0n) is 15.8. The lowest BCUT2D eigenvalue weighted by molar-refractivity contribution is -0.163. The van der Waals surface area contributed by atoms with Crippen molar-refractivity contribution < 1.29 is 32.8 Å². The van der Waals surface area contributed by atoms with Crippen LogP contribution >= 0.6 is 7.60 Å². The van der Waals surface area contributed by atoms with Gasteiger partial charge in [0.1, 0.15) is 6.61 Å². The van der Waals surface area contributed by atoms with Gasteiger partial charge in [0.25, 0.3) is 0 Å². The minimum atomic E-state index is -3.14. The molecule has 0 fully saturated rings. The Morgan fingerprint density at radius 2 is 1.67 bits per heavy atom. The number of esters is 1. The van der Waals surface area contributed by atoms with Gasteiger partial charge in [-0.2, -0.15) is 5.90 Å². The first kappa shape index (κ1) is 23.3. The van der Waals surface area contributed by atoms with Crippen LogP contribution in [0.5, 0.6) is 0 Å². The molecule has 0 saturated carbocycles. The van der Waals surface area contributed by atoms with E-state index in [9.17, 15) is 14.2 Å². The van der Waals surface area contributed by atoms with Gasteiger partial charge < -0.3 is 18.6 Å². The van der Waals surface area contributed by atoms with Crippen molar-refractivity contribution in [2.75, 3.05) is 19.4 Å². The van der Waals surface area contributed by atoms with E-state index in [4.69, 9.17) is 19.7 Å². The third-order valence-corrected chi connectivity index (χ3v) is 5.90. The molecule has 2 N–H and O–H groups in total. The van der Waals surface area contributed by atoms with Crippen LogP contribution in [-0.2, 0) is 39.4 Å². The maximum Gasteiger partial charge on any atom is 0.338 e. The normalized spacial score (nSPS) is 12.4. The van der Waals surface area contributed by atoms with Gasteiger partial charge in [-0.3, -0.25) is 9.36 Å². The number of carbonyl (C=O) groups is 2. The highest BCUT2D eigenvalue weighted by Crippen LogP contribution is 2.48. The second-order valence-corrected chi connectivity index (χ2v) is 7.93. The summed E-state index contributed by atoms with van der Waals surface area (Å²) in [5.41, 5.74) is 0.806. The molecule has 0 aromatic heterocycles. The molecule has 9 heteroatoms. The fourth-order valence-corrected chi connectivity index (χ4v) is 4.19. The van der Waals surface area contributed by atoms with Crippen molar-refractivity contribution in [2.45, 2.75) is 39.7 Å². The molecule has 0 aliphatic carbocycles. The summed E-state index contributed by atoms with van der Waals surface area (Å²) in [6.45, 7) is 4.09. The number of ether oxygens (including phenoxy) is 1. The van der Waals surface area contributed by atoms with E-state index in [0.29, 0.717) is 12.8 Å². The van der Waals surface area contributed by atoms with Gasteiger partial charge >= 0.3 is 19.5 Å². The van der Waals surface area contributed by atoms with E-state index < -0.39 is 25.5 Å². The van der Waals surface area contributed by atoms with Crippen molar-refractivity contribution in [2.24, 2.45) is 11.8 Å². The van der Waals surface area contributed by atoms with Crippen LogP contribution in [0.25, 0.3) is 0 Å². The van der Waals surface area contributed by atoms with Gasteiger partial charge in [-0.1, -0.05) is 36.8 Å². The Morgan fingerprint density at radius 3 is 2.22 bits per heavy atom. The molecule has 1 aromatic rings. The minimum Gasteiger partial charge on any atom is -0.460 e. The maximum atomic E-state index is 12.4. The van der Waals surface area contributed by atoms with E-state index in [2.05, 4.69) is 4.84 Å². The van der Waals surface area contributed by atoms with Crippen molar-refractivity contribution in [3.05, 3.63) is 35.9 Å². The van der Waals surface area contributed by atoms with E-state index >= 15 is 0 Å². The monoisotopic (exact) mass is 401 g/mol. The summed E-state index contributed by atoms with van der Waals surface area (Å²) in [5, 5.41) is 0. The highest BCUT2D eigenvalue weighted by Gasteiger charge is 2.30. The summed E-state index contributed by atoms with van der Waals surface area (Å²) in [6.07, 6.45) is 1.27. The van der Waals surface area contributed by atoms with Crippen molar-refractivity contribution in [1.29, 1.82) is 0 Å². The molecule has 0 aliphatic rings. The first-order valence-corrected chi connectivity index (χ1v) is 10.7. The Kier molecular flexibility index (Phi) is 10.9. The molecule has 8 nitrogen and oxygen atoms in total. The van der Waals surface area contributed by atoms with Gasteiger partial charge in [-0.25, -0.2) is 4.79 Å². The summed E-state index contributed by atoms with van der Waals surface area (Å²) in [6, 6.07) is 9.11. The number of hydrogen-bond donors (Lipinski definition) is 1. The first-order chi connectivity index (χ1) is 13.0. The van der Waals surface area contributed by atoms with E-state index in [-0.39, 0.29) is 32.4 Å². The first-order valence-electron chi connectivity index (χ1n) is 8.95. The van der Waals surface area contributed by atoms with Gasteiger partial charge in [0.05, 0.1) is 19.4 Å². The lowest BCUT2D eigenvalue weighted by Gasteiger charge is -2.17. The molecule has 1 aromatic carbocycles. The SMILES string of the molecule is CCOP(=O)(CCCC[C@H](C(=O)ON)C(=O)OCc1ccccc1)OCC. The zero-order chi connectivity index (χ0) is 20.1. The Morgan fingerprint density at radius 1 is 1.04 bits per heavy atom. The number of hydrogen-bond acceptors (Lipinski definition) is 8. The van der Waals surface area contributed by atoms with Crippen LogP contribution in [0.15, 0.2) is 30.3 Å². The predicted molar refractivity (Wildman–Crippen MR) is 99.6 cm³/mol. The van der Waals surface area contributed by atoms with E-state index in [1.54, 1.807) is 13.8 Å². The minimum absolute atomic E-state index is 0.0535. The Hall–Kier alpha value is -1.73. The zero-order valence-corrected chi connectivity index (χ0v) is 16.7. The van der Waals surface area contributed by atoms with Gasteiger partial charge in [0.15, 0.2) is 5.92 Å². The molecule has 0 saturated heterocycles. The lowest BCUT2D eigenvalue weighted by Crippen LogP contribution is -2.29. The van der Waals surface area contributed by atoms with Crippen molar-refractivity contribution in [3.8, 4) is 0 Å². The van der Waals surface area contributed by atoms with Gasteiger partial charge in [0, 0.05) is 0 Å². The molecular formula is C18H28NO7P. The molecule has 0 amide bonds. The van der Waals surface area contributed by atoms with Crippen LogP contribution in [0, 0.1) is 5.92 Å². The molecule has 0 unspecified atom stereocenters. The maximum absolute atomic E-state index is 12.4. The molecule has 1 rings (SSSR count). The molecule has 0 aliphatic heterocycles. The molecule has 0 radical (unpaired) electrons. The van der Waals surface area contributed by atoms with Crippen molar-refractivity contribution in [1.82, 2.24) is 0 Å². The lowest BCUT2D eigenvalue weighted by atomic mass is 10.0. The summed E-state index contributed by atoms with van der Waals surface area (Å²) in [5.74, 6) is 2.24. The topological polar surface area (TPSA) is 114 Å². The van der Waals surface area contributed by atoms with E-state index in [1.165, 1.54) is 0 Å². The van der Waals surface area contributed by atoms with Gasteiger partial charge in [-0.05, 0) is 32.3 Å². The number of nitrogens with two attached hydrogens (primary N) is 1. The molecular weight excluding hydrogens is 373 g/mol. The fourth-order valence-electron chi connectivity index (χ4n) is 2.46. The van der Waals surface area contributed by atoms with Gasteiger partial charge in [0.2, 0.25) is 0 Å². The highest BCUT2D eigenvalue weighted by molar-refractivity contribution is 7.53. The van der Waals surface area contributed by atoms with Crippen molar-refractivity contribution >= 4 is 19.5 Å². The Balaban J connectivity index is 2.53. The number of carbonyl (C=O) groups excluding carboxylic acids is 2. The molecule has 1 atom stereocenters. The standard InChI is InChI=1S/C18H28NO7P/c1-3-24-27(22,25-4-2)13-9-8-12-16(18(21)26-19)17(20)23-14-15-10-6-5-7-11-15/h5-7,10-11,16H,3-4,8-9,12-14,19H2,1-2H3/t16-/m0/s1. The Labute approximate surface area is 159 Å². The van der Waals surface area contributed by atoms with Gasteiger partial charge in [-0.15, -0.1) is 0 Å². The predicted octanol–water partition coefficient (Wildman–Crippen LogP) is 3.20. The molecule has 27 heavy (non-hydrogen) atoms. The van der Waals surface area contributed by atoms with Crippen LogP contribution in [-0.4, -0.2) is 31.3 Å². The number of benzene rings is 1.